The molecule has 1 fully saturated rings. The minimum Gasteiger partial charge on any atom is -0.493 e. The summed E-state index contributed by atoms with van der Waals surface area (Å²) in [6.45, 7) is 2.18. The lowest BCUT2D eigenvalue weighted by atomic mass is 10.0. The van der Waals surface area contributed by atoms with E-state index in [0.717, 1.165) is 24.9 Å². The van der Waals surface area contributed by atoms with Gasteiger partial charge in [-0.15, -0.1) is 0 Å². The first kappa shape index (κ1) is 18.0. The van der Waals surface area contributed by atoms with Crippen molar-refractivity contribution in [2.24, 2.45) is 0 Å². The van der Waals surface area contributed by atoms with Crippen LogP contribution in [0.5, 0.6) is 11.5 Å². The van der Waals surface area contributed by atoms with E-state index < -0.39 is 0 Å². The smallest absolute Gasteiger partial charge is 0.261 e. The van der Waals surface area contributed by atoms with Gasteiger partial charge < -0.3 is 14.4 Å². The van der Waals surface area contributed by atoms with E-state index >= 15 is 0 Å². The molecule has 1 heterocycles. The van der Waals surface area contributed by atoms with Gasteiger partial charge in [0.1, 0.15) is 0 Å². The van der Waals surface area contributed by atoms with Gasteiger partial charge in [-0.05, 0) is 43.5 Å². The van der Waals surface area contributed by atoms with Crippen LogP contribution in [-0.2, 0) is 4.79 Å². The van der Waals surface area contributed by atoms with Gasteiger partial charge in [0.25, 0.3) is 5.91 Å². The van der Waals surface area contributed by atoms with Gasteiger partial charge >= 0.3 is 0 Å². The number of amides is 1. The molecule has 136 valence electrons. The lowest BCUT2D eigenvalue weighted by Crippen LogP contribution is -2.34. The lowest BCUT2D eigenvalue weighted by Gasteiger charge is -2.25. The molecule has 2 aromatic rings. The van der Waals surface area contributed by atoms with Crippen molar-refractivity contribution in [3.05, 3.63) is 59.7 Å². The first-order chi connectivity index (χ1) is 12.6. The molecular formula is C21H23NO4. The molecule has 0 radical (unpaired) electrons. The summed E-state index contributed by atoms with van der Waals surface area (Å²) in [5, 5.41) is 0. The van der Waals surface area contributed by atoms with E-state index in [2.05, 4.69) is 12.1 Å². The molecule has 0 aromatic heterocycles. The highest BCUT2D eigenvalue weighted by molar-refractivity contribution is 5.94. The normalized spacial score (nSPS) is 16.4. The van der Waals surface area contributed by atoms with Gasteiger partial charge in [-0.1, -0.05) is 30.3 Å². The number of hydrogen-bond acceptors (Lipinski definition) is 4. The zero-order valence-electron chi connectivity index (χ0n) is 15.1. The average molecular weight is 353 g/mol. The molecule has 5 heteroatoms. The Hall–Kier alpha value is -2.82. The molecule has 2 aromatic carbocycles. The summed E-state index contributed by atoms with van der Waals surface area (Å²) in [6.07, 6.45) is 1.95. The van der Waals surface area contributed by atoms with Gasteiger partial charge in [0.2, 0.25) is 0 Å². The van der Waals surface area contributed by atoms with E-state index in [-0.39, 0.29) is 24.3 Å². The third kappa shape index (κ3) is 3.87. The highest BCUT2D eigenvalue weighted by atomic mass is 16.5. The Labute approximate surface area is 153 Å². The summed E-state index contributed by atoms with van der Waals surface area (Å²) in [5.41, 5.74) is 1.70. The number of carbonyl (C=O) groups excluding carboxylic acids is 2. The third-order valence-electron chi connectivity index (χ3n) is 4.68. The van der Waals surface area contributed by atoms with Crippen LogP contribution in [0.15, 0.2) is 48.5 Å². The molecule has 0 unspecified atom stereocenters. The Bertz CT molecular complexity index is 788. The van der Waals surface area contributed by atoms with Crippen LogP contribution in [-0.4, -0.2) is 36.9 Å². The number of benzene rings is 2. The van der Waals surface area contributed by atoms with Gasteiger partial charge in [0.15, 0.2) is 23.9 Å². The highest BCUT2D eigenvalue weighted by Gasteiger charge is 2.30. The summed E-state index contributed by atoms with van der Waals surface area (Å²) in [7, 11) is 1.51. The number of methoxy groups -OCH3 is 1. The first-order valence-corrected chi connectivity index (χ1v) is 8.76. The zero-order chi connectivity index (χ0) is 18.5. The van der Waals surface area contributed by atoms with Crippen LogP contribution in [0.4, 0.5) is 0 Å². The minimum absolute atomic E-state index is 0.0472. The SMILES string of the molecule is COc1cc(C(C)=O)ccc1OCC(=O)N1CCC[C@H]1c1ccccc1. The maximum atomic E-state index is 12.7. The Morgan fingerprint density at radius 2 is 1.88 bits per heavy atom. The molecule has 1 aliphatic heterocycles. The van der Waals surface area contributed by atoms with Crippen LogP contribution in [0.3, 0.4) is 0 Å². The van der Waals surface area contributed by atoms with Crippen molar-refractivity contribution in [2.45, 2.75) is 25.8 Å². The monoisotopic (exact) mass is 353 g/mol. The minimum atomic E-state index is -0.0564. The fourth-order valence-electron chi connectivity index (χ4n) is 3.32. The van der Waals surface area contributed by atoms with E-state index in [1.165, 1.54) is 14.0 Å². The second kappa shape index (κ2) is 8.04. The fourth-order valence-corrected chi connectivity index (χ4v) is 3.32. The molecule has 0 bridgehead atoms. The quantitative estimate of drug-likeness (QED) is 0.744. The molecular weight excluding hydrogens is 330 g/mol. The number of ketones is 1. The molecule has 0 aliphatic carbocycles. The predicted molar refractivity (Wildman–Crippen MR) is 98.6 cm³/mol. The van der Waals surface area contributed by atoms with Crippen molar-refractivity contribution in [1.82, 2.24) is 4.90 Å². The van der Waals surface area contributed by atoms with Gasteiger partial charge in [0.05, 0.1) is 13.2 Å². The summed E-state index contributed by atoms with van der Waals surface area (Å²) < 4.78 is 11.0. The molecule has 0 saturated carbocycles. The van der Waals surface area contributed by atoms with Crippen molar-refractivity contribution in [3.63, 3.8) is 0 Å². The van der Waals surface area contributed by atoms with Crippen LogP contribution in [0, 0.1) is 0 Å². The zero-order valence-corrected chi connectivity index (χ0v) is 15.1. The highest BCUT2D eigenvalue weighted by Crippen LogP contribution is 2.32. The standard InChI is InChI=1S/C21H23NO4/c1-15(23)17-10-11-19(20(13-17)25-2)26-14-21(24)22-12-6-9-18(22)16-7-4-3-5-8-16/h3-5,7-8,10-11,13,18H,6,9,12,14H2,1-2H3/t18-/m0/s1. The van der Waals surface area contributed by atoms with E-state index in [1.807, 2.05) is 23.1 Å². The maximum Gasteiger partial charge on any atom is 0.261 e. The number of carbonyl (C=O) groups is 2. The van der Waals surface area contributed by atoms with Crippen LogP contribution < -0.4 is 9.47 Å². The largest absolute Gasteiger partial charge is 0.493 e. The van der Waals surface area contributed by atoms with Crippen molar-refractivity contribution < 1.29 is 19.1 Å². The Morgan fingerprint density at radius 1 is 1.12 bits per heavy atom. The molecule has 0 N–H and O–H groups in total. The molecule has 1 saturated heterocycles. The van der Waals surface area contributed by atoms with Gasteiger partial charge in [0, 0.05) is 12.1 Å². The van der Waals surface area contributed by atoms with Crippen LogP contribution in [0.2, 0.25) is 0 Å². The van der Waals surface area contributed by atoms with Crippen LogP contribution >= 0.6 is 0 Å². The Balaban J connectivity index is 1.68. The number of ether oxygens (including phenoxy) is 2. The molecule has 1 atom stereocenters. The predicted octanol–water partition coefficient (Wildman–Crippen LogP) is 3.64. The van der Waals surface area contributed by atoms with E-state index in [4.69, 9.17) is 9.47 Å². The second-order valence-corrected chi connectivity index (χ2v) is 6.37. The van der Waals surface area contributed by atoms with Crippen LogP contribution in [0.1, 0.15) is 41.7 Å². The number of Topliss-reactive ketones (excluding diaryl/α,β-unsaturated/α-hetero) is 1. The van der Waals surface area contributed by atoms with Gasteiger partial charge in [-0.25, -0.2) is 0 Å². The van der Waals surface area contributed by atoms with Gasteiger partial charge in [-0.2, -0.15) is 0 Å². The van der Waals surface area contributed by atoms with Crippen molar-refractivity contribution in [3.8, 4) is 11.5 Å². The second-order valence-electron chi connectivity index (χ2n) is 6.37. The van der Waals surface area contributed by atoms with E-state index in [0.29, 0.717) is 17.1 Å². The summed E-state index contributed by atoms with van der Waals surface area (Å²) in [6, 6.07) is 15.2. The Kier molecular flexibility index (Phi) is 5.56. The topological polar surface area (TPSA) is 55.8 Å². The fraction of sp³-hybridized carbons (Fsp3) is 0.333. The summed E-state index contributed by atoms with van der Waals surface area (Å²) in [5.74, 6) is 0.815. The molecule has 26 heavy (non-hydrogen) atoms. The van der Waals surface area contributed by atoms with E-state index in [9.17, 15) is 9.59 Å². The number of rotatable bonds is 6. The average Bonchev–Trinajstić information content (AvgIpc) is 3.16. The Morgan fingerprint density at radius 3 is 2.58 bits per heavy atom. The number of hydrogen-bond donors (Lipinski definition) is 0. The number of nitrogens with zero attached hydrogens (tertiary/aromatic N) is 1. The molecule has 1 amide bonds. The third-order valence-corrected chi connectivity index (χ3v) is 4.68. The summed E-state index contributed by atoms with van der Waals surface area (Å²) >= 11 is 0. The molecule has 0 spiro atoms. The van der Waals surface area contributed by atoms with Gasteiger partial charge in [-0.3, -0.25) is 9.59 Å². The van der Waals surface area contributed by atoms with Crippen molar-refractivity contribution >= 4 is 11.7 Å². The first-order valence-electron chi connectivity index (χ1n) is 8.76. The van der Waals surface area contributed by atoms with E-state index in [1.54, 1.807) is 18.2 Å². The molecule has 5 nitrogen and oxygen atoms in total. The molecule has 3 rings (SSSR count). The summed E-state index contributed by atoms with van der Waals surface area (Å²) in [4.78, 5) is 26.0. The molecule has 1 aliphatic rings. The lowest BCUT2D eigenvalue weighted by molar-refractivity contribution is -0.134. The van der Waals surface area contributed by atoms with Crippen molar-refractivity contribution in [1.29, 1.82) is 0 Å². The van der Waals surface area contributed by atoms with Crippen LogP contribution in [0.25, 0.3) is 0 Å². The number of likely N-dealkylation sites (tertiary alicyclic amines) is 1. The van der Waals surface area contributed by atoms with Crippen molar-refractivity contribution in [2.75, 3.05) is 20.3 Å². The maximum absolute atomic E-state index is 12.7.